The van der Waals surface area contributed by atoms with Gasteiger partial charge in [0.05, 0.1) is 11.7 Å². The molecule has 1 aliphatic rings. The maximum atomic E-state index is 10.00. The molecule has 1 aliphatic heterocycles. The van der Waals surface area contributed by atoms with Crippen molar-refractivity contribution in [3.63, 3.8) is 0 Å². The summed E-state index contributed by atoms with van der Waals surface area (Å²) in [6.07, 6.45) is 5.47. The van der Waals surface area contributed by atoms with E-state index in [1.54, 1.807) is 12.4 Å². The summed E-state index contributed by atoms with van der Waals surface area (Å²) in [5.41, 5.74) is -0.382. The van der Waals surface area contributed by atoms with Crippen LogP contribution >= 0.6 is 0 Å². The number of H-pyrrole nitrogens is 1. The quantitative estimate of drug-likeness (QED) is 0.754. The molecule has 0 aliphatic carbocycles. The first kappa shape index (κ1) is 9.68. The van der Waals surface area contributed by atoms with Crippen molar-refractivity contribution in [2.24, 2.45) is 0 Å². The van der Waals surface area contributed by atoms with Crippen molar-refractivity contribution in [2.45, 2.75) is 37.9 Å². The van der Waals surface area contributed by atoms with Gasteiger partial charge in [-0.15, -0.1) is 0 Å². The van der Waals surface area contributed by atoms with E-state index in [1.165, 1.54) is 0 Å². The van der Waals surface area contributed by atoms with Gasteiger partial charge in [0.25, 0.3) is 0 Å². The molecule has 0 aromatic carbocycles. The van der Waals surface area contributed by atoms with E-state index < -0.39 is 6.10 Å². The van der Waals surface area contributed by atoms with Crippen LogP contribution < -0.4 is 0 Å². The Bertz CT molecular complexity index is 278. The predicted octanol–water partition coefficient (Wildman–Crippen LogP) is 0.882. The van der Waals surface area contributed by atoms with Crippen molar-refractivity contribution in [1.29, 1.82) is 0 Å². The number of aliphatic hydroxyl groups is 1. The summed E-state index contributed by atoms with van der Waals surface area (Å²) >= 11 is 0. The summed E-state index contributed by atoms with van der Waals surface area (Å²) in [7, 11) is 0. The van der Waals surface area contributed by atoms with Crippen LogP contribution in [-0.2, 0) is 11.2 Å². The van der Waals surface area contributed by atoms with Crippen molar-refractivity contribution in [2.75, 3.05) is 6.61 Å². The third-order valence-electron chi connectivity index (χ3n) is 2.90. The summed E-state index contributed by atoms with van der Waals surface area (Å²) in [6, 6.07) is 0. The second-order valence-corrected chi connectivity index (χ2v) is 4.02. The van der Waals surface area contributed by atoms with E-state index in [-0.39, 0.29) is 5.60 Å². The Hall–Kier alpha value is -0.870. The van der Waals surface area contributed by atoms with Gasteiger partial charge in [0.2, 0.25) is 0 Å². The Morgan fingerprint density at radius 2 is 2.64 bits per heavy atom. The number of hydrogen-bond acceptors (Lipinski definition) is 3. The van der Waals surface area contributed by atoms with E-state index in [9.17, 15) is 5.11 Å². The van der Waals surface area contributed by atoms with Gasteiger partial charge in [-0.2, -0.15) is 0 Å². The second kappa shape index (κ2) is 3.71. The highest BCUT2D eigenvalue weighted by atomic mass is 16.5. The fourth-order valence-electron chi connectivity index (χ4n) is 1.87. The fourth-order valence-corrected chi connectivity index (χ4v) is 1.87. The van der Waals surface area contributed by atoms with Gasteiger partial charge in [-0.3, -0.25) is 0 Å². The molecule has 0 amide bonds. The molecule has 0 radical (unpaired) electrons. The summed E-state index contributed by atoms with van der Waals surface area (Å²) in [5.74, 6) is 0.814. The Kier molecular flexibility index (Phi) is 2.56. The smallest absolute Gasteiger partial charge is 0.108 e. The molecule has 78 valence electrons. The van der Waals surface area contributed by atoms with Gasteiger partial charge in [0.15, 0.2) is 0 Å². The summed E-state index contributed by atoms with van der Waals surface area (Å²) in [6.45, 7) is 2.72. The minimum Gasteiger partial charge on any atom is -0.390 e. The summed E-state index contributed by atoms with van der Waals surface area (Å²) in [4.78, 5) is 7.07. The zero-order chi connectivity index (χ0) is 10.0. The molecule has 14 heavy (non-hydrogen) atoms. The van der Waals surface area contributed by atoms with Crippen LogP contribution in [-0.4, -0.2) is 33.4 Å². The summed E-state index contributed by atoms with van der Waals surface area (Å²) < 4.78 is 5.56. The van der Waals surface area contributed by atoms with Crippen LogP contribution in [0.4, 0.5) is 0 Å². The number of ether oxygens (including phenoxy) is 1. The van der Waals surface area contributed by atoms with Crippen molar-refractivity contribution >= 4 is 0 Å². The number of rotatable bonds is 3. The van der Waals surface area contributed by atoms with Crippen molar-refractivity contribution in [3.8, 4) is 0 Å². The van der Waals surface area contributed by atoms with E-state index in [1.807, 2.05) is 6.92 Å². The predicted molar refractivity (Wildman–Crippen MR) is 51.9 cm³/mol. The monoisotopic (exact) mass is 196 g/mol. The Morgan fingerprint density at radius 3 is 3.21 bits per heavy atom. The minimum atomic E-state index is -0.476. The molecular weight excluding hydrogens is 180 g/mol. The average Bonchev–Trinajstić information content (AvgIpc) is 2.76. The van der Waals surface area contributed by atoms with Gasteiger partial charge >= 0.3 is 0 Å². The molecule has 1 aromatic rings. The van der Waals surface area contributed by atoms with Gasteiger partial charge in [-0.05, 0) is 19.8 Å². The molecule has 0 bridgehead atoms. The van der Waals surface area contributed by atoms with Crippen LogP contribution in [0.1, 0.15) is 25.6 Å². The van der Waals surface area contributed by atoms with Gasteiger partial charge in [0.1, 0.15) is 5.82 Å². The fraction of sp³-hybridized carbons (Fsp3) is 0.700. The number of aliphatic hydroxyl groups excluding tert-OH is 1. The van der Waals surface area contributed by atoms with Crippen LogP contribution in [0.15, 0.2) is 12.4 Å². The van der Waals surface area contributed by atoms with Crippen molar-refractivity contribution < 1.29 is 9.84 Å². The first-order valence-corrected chi connectivity index (χ1v) is 5.01. The van der Waals surface area contributed by atoms with Crippen LogP contribution in [0.5, 0.6) is 0 Å². The Morgan fingerprint density at radius 1 is 1.79 bits per heavy atom. The maximum absolute atomic E-state index is 10.00. The molecule has 2 heterocycles. The molecule has 2 rings (SSSR count). The lowest BCUT2D eigenvalue weighted by Gasteiger charge is -2.28. The van der Waals surface area contributed by atoms with E-state index in [2.05, 4.69) is 9.97 Å². The van der Waals surface area contributed by atoms with Crippen LogP contribution in [0.3, 0.4) is 0 Å². The lowest BCUT2D eigenvalue weighted by Crippen LogP contribution is -2.40. The highest BCUT2D eigenvalue weighted by molar-refractivity contribution is 4.96. The van der Waals surface area contributed by atoms with Crippen LogP contribution in [0.25, 0.3) is 0 Å². The molecule has 4 nitrogen and oxygen atoms in total. The zero-order valence-electron chi connectivity index (χ0n) is 8.36. The molecule has 1 aromatic heterocycles. The second-order valence-electron chi connectivity index (χ2n) is 4.02. The molecule has 0 spiro atoms. The van der Waals surface area contributed by atoms with Crippen LogP contribution in [0.2, 0.25) is 0 Å². The third kappa shape index (κ3) is 1.81. The van der Waals surface area contributed by atoms with Gasteiger partial charge in [0, 0.05) is 25.4 Å². The molecule has 2 unspecified atom stereocenters. The number of aromatic amines is 1. The Balaban J connectivity index is 1.98. The van der Waals surface area contributed by atoms with Gasteiger partial charge < -0.3 is 14.8 Å². The SMILES string of the molecule is CC1(C(O)Cc2ncc[nH]2)CCCO1. The zero-order valence-corrected chi connectivity index (χ0v) is 8.36. The first-order valence-electron chi connectivity index (χ1n) is 5.01. The van der Waals surface area contributed by atoms with E-state index in [0.717, 1.165) is 25.3 Å². The number of nitrogens with zero attached hydrogens (tertiary/aromatic N) is 1. The molecule has 0 saturated carbocycles. The largest absolute Gasteiger partial charge is 0.390 e. The number of nitrogens with one attached hydrogen (secondary N) is 1. The molecular formula is C10H16N2O2. The normalized spacial score (nSPS) is 29.3. The van der Waals surface area contributed by atoms with Crippen molar-refractivity contribution in [1.82, 2.24) is 9.97 Å². The van der Waals surface area contributed by atoms with Crippen LogP contribution in [0, 0.1) is 0 Å². The number of aromatic nitrogens is 2. The van der Waals surface area contributed by atoms with E-state index in [4.69, 9.17) is 4.74 Å². The molecule has 2 atom stereocenters. The number of hydrogen-bond donors (Lipinski definition) is 2. The first-order chi connectivity index (χ1) is 6.71. The van der Waals surface area contributed by atoms with Crippen molar-refractivity contribution in [3.05, 3.63) is 18.2 Å². The highest BCUT2D eigenvalue weighted by Gasteiger charge is 2.37. The molecule has 1 saturated heterocycles. The maximum Gasteiger partial charge on any atom is 0.108 e. The minimum absolute atomic E-state index is 0.382. The van der Waals surface area contributed by atoms with E-state index >= 15 is 0 Å². The highest BCUT2D eigenvalue weighted by Crippen LogP contribution is 2.29. The molecule has 4 heteroatoms. The number of imidazole rings is 1. The standard InChI is InChI=1S/C10H16N2O2/c1-10(3-2-6-14-10)8(13)7-9-11-4-5-12-9/h4-5,8,13H,2-3,6-7H2,1H3,(H,11,12). The average molecular weight is 196 g/mol. The van der Waals surface area contributed by atoms with Gasteiger partial charge in [-0.1, -0.05) is 0 Å². The lowest BCUT2D eigenvalue weighted by atomic mass is 9.93. The lowest BCUT2D eigenvalue weighted by molar-refractivity contribution is -0.0774. The molecule has 1 fully saturated rings. The molecule has 2 N–H and O–H groups in total. The third-order valence-corrected chi connectivity index (χ3v) is 2.90. The van der Waals surface area contributed by atoms with E-state index in [0.29, 0.717) is 6.42 Å². The van der Waals surface area contributed by atoms with Gasteiger partial charge in [-0.25, -0.2) is 4.98 Å². The topological polar surface area (TPSA) is 58.1 Å². The Labute approximate surface area is 83.3 Å². The summed E-state index contributed by atoms with van der Waals surface area (Å²) in [5, 5.41) is 10.00.